The van der Waals surface area contributed by atoms with Gasteiger partial charge in [-0.3, -0.25) is 10.00 Å². The fourth-order valence-corrected chi connectivity index (χ4v) is 1.99. The highest BCUT2D eigenvalue weighted by atomic mass is 16.5. The molecule has 20 heavy (non-hydrogen) atoms. The Morgan fingerprint density at radius 3 is 2.75 bits per heavy atom. The summed E-state index contributed by atoms with van der Waals surface area (Å²) in [6.07, 6.45) is 1.28. The molecular weight excluding hydrogens is 256 g/mol. The molecule has 0 fully saturated rings. The SMILES string of the molecule is COC(=O)Nc1cccc(NC(C)c2ccnn2C)c1. The number of hydrogen-bond donors (Lipinski definition) is 2. The van der Waals surface area contributed by atoms with Crippen LogP contribution in [0.1, 0.15) is 18.7 Å². The number of carbonyl (C=O) groups is 1. The van der Waals surface area contributed by atoms with Crippen LogP contribution in [-0.4, -0.2) is 23.0 Å². The van der Waals surface area contributed by atoms with Crippen molar-refractivity contribution in [3.05, 3.63) is 42.2 Å². The highest BCUT2D eigenvalue weighted by Gasteiger charge is 2.09. The molecule has 1 unspecified atom stereocenters. The fraction of sp³-hybridized carbons (Fsp3) is 0.286. The normalized spacial score (nSPS) is 11.8. The first-order valence-electron chi connectivity index (χ1n) is 6.29. The van der Waals surface area contributed by atoms with Gasteiger partial charge in [0.25, 0.3) is 0 Å². The Bertz CT molecular complexity index is 594. The summed E-state index contributed by atoms with van der Waals surface area (Å²) in [5.74, 6) is 0. The van der Waals surface area contributed by atoms with Crippen molar-refractivity contribution >= 4 is 17.5 Å². The zero-order chi connectivity index (χ0) is 14.5. The third-order valence-corrected chi connectivity index (χ3v) is 2.98. The summed E-state index contributed by atoms with van der Waals surface area (Å²) in [4.78, 5) is 11.2. The standard InChI is InChI=1S/C14H18N4O2/c1-10(13-7-8-15-18(13)2)16-11-5-4-6-12(9-11)17-14(19)20-3/h4-10,16H,1-3H3,(H,17,19). The molecule has 2 rings (SSSR count). The van der Waals surface area contributed by atoms with Crippen LogP contribution in [-0.2, 0) is 11.8 Å². The van der Waals surface area contributed by atoms with Crippen molar-refractivity contribution in [2.45, 2.75) is 13.0 Å². The Labute approximate surface area is 117 Å². The molecule has 1 aromatic carbocycles. The Balaban J connectivity index is 2.08. The lowest BCUT2D eigenvalue weighted by molar-refractivity contribution is 0.187. The second kappa shape index (κ2) is 6.10. The fourth-order valence-electron chi connectivity index (χ4n) is 1.99. The van der Waals surface area contributed by atoms with E-state index in [1.54, 1.807) is 12.3 Å². The van der Waals surface area contributed by atoms with Crippen molar-refractivity contribution in [3.63, 3.8) is 0 Å². The number of ether oxygens (including phenoxy) is 1. The first kappa shape index (κ1) is 13.9. The molecule has 2 aromatic rings. The van der Waals surface area contributed by atoms with Gasteiger partial charge in [-0.05, 0) is 31.2 Å². The number of benzene rings is 1. The van der Waals surface area contributed by atoms with Gasteiger partial charge in [0, 0.05) is 24.6 Å². The number of nitrogens with one attached hydrogen (secondary N) is 2. The average molecular weight is 274 g/mol. The second-order valence-electron chi connectivity index (χ2n) is 4.44. The number of nitrogens with zero attached hydrogens (tertiary/aromatic N) is 2. The van der Waals surface area contributed by atoms with Crippen LogP contribution in [0.5, 0.6) is 0 Å². The van der Waals surface area contributed by atoms with E-state index in [0.717, 1.165) is 11.4 Å². The number of carbonyl (C=O) groups excluding carboxylic acids is 1. The first-order chi connectivity index (χ1) is 9.60. The minimum atomic E-state index is -0.484. The zero-order valence-corrected chi connectivity index (χ0v) is 11.8. The van der Waals surface area contributed by atoms with Crippen molar-refractivity contribution in [2.24, 2.45) is 7.05 Å². The van der Waals surface area contributed by atoms with Crippen LogP contribution in [0.4, 0.5) is 16.2 Å². The van der Waals surface area contributed by atoms with Crippen LogP contribution < -0.4 is 10.6 Å². The van der Waals surface area contributed by atoms with E-state index in [1.807, 2.05) is 36.0 Å². The highest BCUT2D eigenvalue weighted by Crippen LogP contribution is 2.21. The van der Waals surface area contributed by atoms with Crippen molar-refractivity contribution < 1.29 is 9.53 Å². The summed E-state index contributed by atoms with van der Waals surface area (Å²) in [7, 11) is 3.24. The molecule has 1 atom stereocenters. The molecule has 0 aliphatic heterocycles. The molecule has 6 nitrogen and oxygen atoms in total. The Morgan fingerprint density at radius 2 is 2.10 bits per heavy atom. The molecule has 0 saturated carbocycles. The minimum Gasteiger partial charge on any atom is -0.453 e. The van der Waals surface area contributed by atoms with E-state index >= 15 is 0 Å². The third kappa shape index (κ3) is 3.28. The monoisotopic (exact) mass is 274 g/mol. The summed E-state index contributed by atoms with van der Waals surface area (Å²) in [6, 6.07) is 9.53. The maximum absolute atomic E-state index is 11.2. The van der Waals surface area contributed by atoms with E-state index in [4.69, 9.17) is 0 Å². The molecule has 0 saturated heterocycles. The molecule has 0 aliphatic rings. The second-order valence-corrected chi connectivity index (χ2v) is 4.44. The molecule has 0 spiro atoms. The van der Waals surface area contributed by atoms with Gasteiger partial charge in [0.15, 0.2) is 0 Å². The summed E-state index contributed by atoms with van der Waals surface area (Å²) in [6.45, 7) is 2.05. The van der Waals surface area contributed by atoms with E-state index < -0.39 is 6.09 Å². The van der Waals surface area contributed by atoms with Crippen molar-refractivity contribution in [1.29, 1.82) is 0 Å². The van der Waals surface area contributed by atoms with Gasteiger partial charge in [-0.2, -0.15) is 5.10 Å². The number of rotatable bonds is 4. The minimum absolute atomic E-state index is 0.107. The summed E-state index contributed by atoms with van der Waals surface area (Å²) < 4.78 is 6.40. The van der Waals surface area contributed by atoms with Gasteiger partial charge in [-0.25, -0.2) is 4.79 Å². The lowest BCUT2D eigenvalue weighted by Crippen LogP contribution is -2.13. The van der Waals surface area contributed by atoms with Gasteiger partial charge in [0.05, 0.1) is 18.8 Å². The predicted molar refractivity (Wildman–Crippen MR) is 77.7 cm³/mol. The predicted octanol–water partition coefficient (Wildman–Crippen LogP) is 2.77. The first-order valence-corrected chi connectivity index (χ1v) is 6.29. The number of aromatic nitrogens is 2. The summed E-state index contributed by atoms with van der Waals surface area (Å²) >= 11 is 0. The van der Waals surface area contributed by atoms with Gasteiger partial charge in [-0.1, -0.05) is 6.07 Å². The van der Waals surface area contributed by atoms with E-state index in [2.05, 4.69) is 27.4 Å². The molecule has 0 aliphatic carbocycles. The van der Waals surface area contributed by atoms with Crippen LogP contribution in [0.15, 0.2) is 36.5 Å². The number of amides is 1. The van der Waals surface area contributed by atoms with Gasteiger partial charge in [-0.15, -0.1) is 0 Å². The molecule has 0 bridgehead atoms. The maximum atomic E-state index is 11.2. The van der Waals surface area contributed by atoms with Crippen molar-refractivity contribution in [3.8, 4) is 0 Å². The van der Waals surface area contributed by atoms with E-state index in [0.29, 0.717) is 5.69 Å². The number of methoxy groups -OCH3 is 1. The largest absolute Gasteiger partial charge is 0.453 e. The van der Waals surface area contributed by atoms with Gasteiger partial charge >= 0.3 is 6.09 Å². The molecule has 6 heteroatoms. The van der Waals surface area contributed by atoms with Gasteiger partial charge < -0.3 is 10.1 Å². The van der Waals surface area contributed by atoms with Crippen molar-refractivity contribution in [1.82, 2.24) is 9.78 Å². The Kier molecular flexibility index (Phi) is 4.24. The van der Waals surface area contributed by atoms with Gasteiger partial charge in [0.1, 0.15) is 0 Å². The van der Waals surface area contributed by atoms with Crippen LogP contribution >= 0.6 is 0 Å². The molecule has 106 valence electrons. The lowest BCUT2D eigenvalue weighted by Gasteiger charge is -2.16. The molecule has 2 N–H and O–H groups in total. The third-order valence-electron chi connectivity index (χ3n) is 2.98. The highest BCUT2D eigenvalue weighted by molar-refractivity contribution is 5.85. The smallest absolute Gasteiger partial charge is 0.411 e. The number of anilines is 2. The molecule has 1 aromatic heterocycles. The average Bonchev–Trinajstić information content (AvgIpc) is 2.85. The Morgan fingerprint density at radius 1 is 1.35 bits per heavy atom. The van der Waals surface area contributed by atoms with Crippen molar-refractivity contribution in [2.75, 3.05) is 17.7 Å². The number of aryl methyl sites for hydroxylation is 1. The van der Waals surface area contributed by atoms with Crippen LogP contribution in [0.25, 0.3) is 0 Å². The topological polar surface area (TPSA) is 68.2 Å². The molecule has 1 amide bonds. The quantitative estimate of drug-likeness (QED) is 0.899. The molecule has 0 radical (unpaired) electrons. The van der Waals surface area contributed by atoms with Gasteiger partial charge in [0.2, 0.25) is 0 Å². The summed E-state index contributed by atoms with van der Waals surface area (Å²) in [5, 5.41) is 10.1. The molecular formula is C14H18N4O2. The van der Waals surface area contributed by atoms with Crippen LogP contribution in [0.3, 0.4) is 0 Å². The maximum Gasteiger partial charge on any atom is 0.411 e. The van der Waals surface area contributed by atoms with E-state index in [9.17, 15) is 4.79 Å². The zero-order valence-electron chi connectivity index (χ0n) is 11.8. The van der Waals surface area contributed by atoms with Crippen LogP contribution in [0, 0.1) is 0 Å². The number of hydrogen-bond acceptors (Lipinski definition) is 4. The lowest BCUT2D eigenvalue weighted by atomic mass is 10.2. The van der Waals surface area contributed by atoms with E-state index in [-0.39, 0.29) is 6.04 Å². The molecule has 1 heterocycles. The Hall–Kier alpha value is -2.50. The van der Waals surface area contributed by atoms with E-state index in [1.165, 1.54) is 7.11 Å². The van der Waals surface area contributed by atoms with Crippen LogP contribution in [0.2, 0.25) is 0 Å². The summed E-state index contributed by atoms with van der Waals surface area (Å²) in [5.41, 5.74) is 2.67.